The first-order chi connectivity index (χ1) is 7.00. The van der Waals surface area contributed by atoms with Crippen LogP contribution in [0.2, 0.25) is 0 Å². The Balaban J connectivity index is -0.0000000298. The molecule has 0 aromatic carbocycles. The van der Waals surface area contributed by atoms with Crippen molar-refractivity contribution in [1.29, 1.82) is 0 Å². The molecule has 118 valence electrons. The van der Waals surface area contributed by atoms with E-state index < -0.39 is 21.8 Å². The summed E-state index contributed by atoms with van der Waals surface area (Å²) in [5, 5.41) is 7.00. The summed E-state index contributed by atoms with van der Waals surface area (Å²) >= 11 is 0. The van der Waals surface area contributed by atoms with E-state index in [-0.39, 0.29) is 58.8 Å². The summed E-state index contributed by atoms with van der Waals surface area (Å²) in [6, 6.07) is 0. The number of hydrogen-bond donors (Lipinski definition) is 1. The van der Waals surface area contributed by atoms with Gasteiger partial charge in [-0.2, -0.15) is 0 Å². The third-order valence-electron chi connectivity index (χ3n) is 0. The maximum absolute atomic E-state index is 9.75. The fourth-order valence-electron chi connectivity index (χ4n) is 0. The average Bonchev–Trinajstić information content (AvgIpc) is 1.77. The smallest absolute Gasteiger partial charge is 0.418 e. The molecule has 0 aliphatic carbocycles. The molecule has 0 aromatic heterocycles. The van der Waals surface area contributed by atoms with E-state index in [1.54, 1.807) is 0 Å². The molecule has 0 aliphatic heterocycles. The van der Waals surface area contributed by atoms with Crippen molar-refractivity contribution in [2.75, 3.05) is 7.11 Å². The van der Waals surface area contributed by atoms with Gasteiger partial charge in [0.05, 0.1) is 0 Å². The van der Waals surface area contributed by atoms with Crippen LogP contribution in [0.25, 0.3) is 0 Å². The molecule has 0 bridgehead atoms. The molecule has 0 spiro atoms. The molecule has 0 atom stereocenters. The van der Waals surface area contributed by atoms with E-state index in [0.717, 1.165) is 7.11 Å². The predicted molar refractivity (Wildman–Crippen MR) is 45.4 cm³/mol. The topological polar surface area (TPSA) is 20.2 Å². The molecule has 0 saturated heterocycles. The summed E-state index contributed by atoms with van der Waals surface area (Å²) in [5.74, 6) is 0. The van der Waals surface area contributed by atoms with Crippen molar-refractivity contribution >= 4 is 21.8 Å². The van der Waals surface area contributed by atoms with Crippen LogP contribution in [0.15, 0.2) is 0 Å². The van der Waals surface area contributed by atoms with Gasteiger partial charge in [-0.15, -0.1) is 0 Å². The van der Waals surface area contributed by atoms with Gasteiger partial charge in [-0.3, -0.25) is 0 Å². The molecule has 1 N–H and O–H groups in total. The predicted octanol–water partition coefficient (Wildman–Crippen LogP) is 1.15. The molecule has 0 radical (unpaired) electrons. The summed E-state index contributed by atoms with van der Waals surface area (Å²) in [6.07, 6.45) is 0. The Morgan fingerprint density at radius 2 is 0.474 bits per heavy atom. The zero-order valence-corrected chi connectivity index (χ0v) is 11.8. The minimum atomic E-state index is -6.00. The van der Waals surface area contributed by atoms with Gasteiger partial charge in [0.15, 0.2) is 0 Å². The summed E-state index contributed by atoms with van der Waals surface area (Å²) < 4.78 is 117. The van der Waals surface area contributed by atoms with Gasteiger partial charge in [-0.25, -0.2) is 0 Å². The van der Waals surface area contributed by atoms with Gasteiger partial charge >= 0.3 is 73.1 Å². The maximum atomic E-state index is 9.75. The van der Waals surface area contributed by atoms with E-state index in [9.17, 15) is 51.8 Å². The molecule has 0 heterocycles. The molecule has 0 unspecified atom stereocenters. The second-order valence-corrected chi connectivity index (χ2v) is 1.48. The second-order valence-electron chi connectivity index (χ2n) is 1.48. The van der Waals surface area contributed by atoms with Gasteiger partial charge in [0.25, 0.3) is 0 Å². The van der Waals surface area contributed by atoms with Crippen LogP contribution < -0.4 is 51.4 Å². The number of hydrogen-bond acceptors (Lipinski definition) is 1. The Labute approximate surface area is 143 Å². The van der Waals surface area contributed by atoms with E-state index >= 15 is 0 Å². The van der Waals surface area contributed by atoms with Crippen molar-refractivity contribution in [3.63, 3.8) is 0 Å². The van der Waals surface area contributed by atoms with Crippen molar-refractivity contribution in [3.05, 3.63) is 0 Å². The van der Waals surface area contributed by atoms with Crippen molar-refractivity contribution in [2.45, 2.75) is 7.43 Å². The van der Waals surface area contributed by atoms with Gasteiger partial charge in [0.2, 0.25) is 0 Å². The number of halogens is 12. The first kappa shape index (κ1) is 36.8. The van der Waals surface area contributed by atoms with Crippen LogP contribution in [0.1, 0.15) is 7.43 Å². The third kappa shape index (κ3) is 6020. The zero-order valence-electron chi connectivity index (χ0n) is 8.71. The van der Waals surface area contributed by atoms with E-state index in [2.05, 4.69) is 0 Å². The van der Waals surface area contributed by atoms with Crippen LogP contribution in [-0.2, 0) is 0 Å². The van der Waals surface area contributed by atoms with Gasteiger partial charge in [-0.1, -0.05) is 7.43 Å². The monoisotopic (exact) mass is 348 g/mol. The minimum Gasteiger partial charge on any atom is -0.418 e. The Kier molecular flexibility index (Phi) is 32.9. The van der Waals surface area contributed by atoms with Gasteiger partial charge in [-0.05, 0) is 0 Å². The van der Waals surface area contributed by atoms with Crippen LogP contribution in [0.4, 0.5) is 51.8 Å². The van der Waals surface area contributed by atoms with E-state index in [0.29, 0.717) is 0 Å². The van der Waals surface area contributed by atoms with E-state index in [1.807, 2.05) is 0 Å². The fourth-order valence-corrected chi connectivity index (χ4v) is 0. The molecule has 0 saturated carbocycles. The quantitative estimate of drug-likeness (QED) is 0.515. The van der Waals surface area contributed by atoms with Crippen molar-refractivity contribution in [1.82, 2.24) is 0 Å². The second kappa shape index (κ2) is 17.0. The number of rotatable bonds is 0. The van der Waals surface area contributed by atoms with Gasteiger partial charge in [0.1, 0.15) is 0 Å². The summed E-state index contributed by atoms with van der Waals surface area (Å²) in [4.78, 5) is 0. The van der Waals surface area contributed by atoms with Gasteiger partial charge < -0.3 is 56.9 Å². The molecular formula is C2H8B3F12KO-2. The molecule has 19 heavy (non-hydrogen) atoms. The third-order valence-corrected chi connectivity index (χ3v) is 0. The number of aliphatic hydroxyl groups excluding tert-OH is 1. The van der Waals surface area contributed by atoms with Crippen LogP contribution >= 0.6 is 0 Å². The Bertz CT molecular complexity index is 106. The molecule has 0 aliphatic rings. The molecule has 0 amide bonds. The summed E-state index contributed by atoms with van der Waals surface area (Å²) in [6.45, 7) is 0. The number of aliphatic hydroxyl groups is 1. The molecule has 0 fully saturated rings. The first-order valence-electron chi connectivity index (χ1n) is 3.07. The Morgan fingerprint density at radius 1 is 0.474 bits per heavy atom. The van der Waals surface area contributed by atoms with E-state index in [1.165, 1.54) is 0 Å². The molecule has 0 rings (SSSR count). The van der Waals surface area contributed by atoms with Crippen LogP contribution in [-0.4, -0.2) is 34.0 Å². The summed E-state index contributed by atoms with van der Waals surface area (Å²) in [5.41, 5.74) is 0. The maximum Gasteiger partial charge on any atom is 1.00 e. The van der Waals surface area contributed by atoms with Crippen LogP contribution in [0.3, 0.4) is 0 Å². The summed E-state index contributed by atoms with van der Waals surface area (Å²) in [7, 11) is -17.0. The van der Waals surface area contributed by atoms with Crippen molar-refractivity contribution in [3.8, 4) is 0 Å². The Hall–Kier alpha value is 0.951. The molecule has 1 nitrogen and oxygen atoms in total. The molecule has 17 heteroatoms. The molecular weight excluding hydrogens is 340 g/mol. The van der Waals surface area contributed by atoms with Crippen LogP contribution in [0, 0.1) is 0 Å². The van der Waals surface area contributed by atoms with E-state index in [4.69, 9.17) is 5.11 Å². The normalized spacial score (nSPS) is 9.79. The van der Waals surface area contributed by atoms with Crippen molar-refractivity contribution < 1.29 is 108 Å². The largest absolute Gasteiger partial charge is 1.00 e. The fraction of sp³-hybridized carbons (Fsp3) is 1.00. The minimum absolute atomic E-state index is 0. The Morgan fingerprint density at radius 3 is 0.474 bits per heavy atom. The standard InChI is InChI=1S/CH4O.CH4.3BF4.K/c1-2;;3*2-1(3,4)5;/h2H,1H3;1H4;;;;/q;;3*-1;+1. The van der Waals surface area contributed by atoms with Gasteiger partial charge in [0, 0.05) is 7.11 Å². The molecule has 0 aromatic rings. The zero-order chi connectivity index (χ0) is 15.5. The van der Waals surface area contributed by atoms with Crippen molar-refractivity contribution in [2.24, 2.45) is 0 Å². The van der Waals surface area contributed by atoms with Crippen LogP contribution in [0.5, 0.6) is 0 Å². The SMILES string of the molecule is C.CO.F[B-](F)(F)F.F[B-](F)(F)F.F[B-](F)(F)F.[K+]. The average molecular weight is 348 g/mol. The first-order valence-corrected chi connectivity index (χ1v) is 3.07.